The third-order valence-electron chi connectivity index (χ3n) is 3.09. The van der Waals surface area contributed by atoms with Crippen LogP contribution in [0.15, 0.2) is 35.3 Å². The van der Waals surface area contributed by atoms with E-state index in [1.807, 2.05) is 24.3 Å². The smallest absolute Gasteiger partial charge is 0.230 e. The summed E-state index contributed by atoms with van der Waals surface area (Å²) in [5.41, 5.74) is 7.08. The first-order valence-corrected chi connectivity index (χ1v) is 6.31. The van der Waals surface area contributed by atoms with E-state index in [1.165, 1.54) is 0 Å². The summed E-state index contributed by atoms with van der Waals surface area (Å²) in [6.07, 6.45) is 1.80. The zero-order valence-corrected chi connectivity index (χ0v) is 11.1. The van der Waals surface area contributed by atoms with Crippen LogP contribution in [0.1, 0.15) is 18.4 Å². The number of carbonyl (C=O) groups is 1. The quantitative estimate of drug-likeness (QED) is 0.838. The summed E-state index contributed by atoms with van der Waals surface area (Å²) >= 11 is 3.23. The average molecular weight is 295 g/mol. The van der Waals surface area contributed by atoms with Crippen molar-refractivity contribution in [3.8, 4) is 0 Å². The van der Waals surface area contributed by atoms with E-state index in [9.17, 15) is 4.79 Å². The fourth-order valence-electron chi connectivity index (χ4n) is 1.92. The van der Waals surface area contributed by atoms with Crippen LogP contribution in [0.4, 0.5) is 5.69 Å². The molecule has 0 atom stereocenters. The molecule has 90 valence electrons. The topological polar surface area (TPSA) is 55.1 Å². The van der Waals surface area contributed by atoms with Crippen molar-refractivity contribution in [2.75, 3.05) is 12.3 Å². The standard InChI is InChI=1S/C13H15BrN2O/c1-9(14)8-16-12(17)13(6-7-13)10-2-4-11(15)5-3-10/h2-5H,1,6-8,15H2,(H,16,17). The Balaban J connectivity index is 2.11. The number of rotatable bonds is 4. The lowest BCUT2D eigenvalue weighted by atomic mass is 9.95. The van der Waals surface area contributed by atoms with Gasteiger partial charge in [-0.25, -0.2) is 0 Å². The summed E-state index contributed by atoms with van der Waals surface area (Å²) in [7, 11) is 0. The fraction of sp³-hybridized carbons (Fsp3) is 0.308. The van der Waals surface area contributed by atoms with Crippen LogP contribution in [0.25, 0.3) is 0 Å². The van der Waals surface area contributed by atoms with Crippen molar-refractivity contribution in [2.45, 2.75) is 18.3 Å². The second-order valence-corrected chi connectivity index (χ2v) is 5.53. The molecule has 1 fully saturated rings. The molecule has 1 aromatic carbocycles. The van der Waals surface area contributed by atoms with Crippen LogP contribution in [-0.2, 0) is 10.2 Å². The van der Waals surface area contributed by atoms with Crippen LogP contribution in [-0.4, -0.2) is 12.5 Å². The molecule has 1 aromatic rings. The minimum Gasteiger partial charge on any atom is -0.399 e. The number of nitrogen functional groups attached to an aromatic ring is 1. The average Bonchev–Trinajstić information content (AvgIpc) is 3.08. The second kappa shape index (κ2) is 4.53. The molecule has 3 nitrogen and oxygen atoms in total. The number of carbonyl (C=O) groups excluding carboxylic acids is 1. The number of amides is 1. The highest BCUT2D eigenvalue weighted by molar-refractivity contribution is 9.11. The van der Waals surface area contributed by atoms with Gasteiger partial charge in [0.25, 0.3) is 0 Å². The molecule has 17 heavy (non-hydrogen) atoms. The number of hydrogen-bond donors (Lipinski definition) is 2. The summed E-state index contributed by atoms with van der Waals surface area (Å²) in [5, 5.41) is 2.88. The summed E-state index contributed by atoms with van der Waals surface area (Å²) in [6, 6.07) is 7.55. The maximum absolute atomic E-state index is 12.1. The van der Waals surface area contributed by atoms with E-state index in [0.29, 0.717) is 6.54 Å². The lowest BCUT2D eigenvalue weighted by molar-refractivity contribution is -0.123. The molecule has 1 saturated carbocycles. The molecule has 0 aliphatic heterocycles. The highest BCUT2D eigenvalue weighted by atomic mass is 79.9. The van der Waals surface area contributed by atoms with Gasteiger partial charge >= 0.3 is 0 Å². The number of nitrogens with two attached hydrogens (primary N) is 1. The zero-order valence-electron chi connectivity index (χ0n) is 9.50. The predicted molar refractivity (Wildman–Crippen MR) is 72.8 cm³/mol. The van der Waals surface area contributed by atoms with Crippen LogP contribution < -0.4 is 11.1 Å². The summed E-state index contributed by atoms with van der Waals surface area (Å²) in [4.78, 5) is 12.1. The van der Waals surface area contributed by atoms with E-state index in [1.54, 1.807) is 0 Å². The molecule has 0 spiro atoms. The Morgan fingerprint density at radius 3 is 2.47 bits per heavy atom. The third-order valence-corrected chi connectivity index (χ3v) is 3.37. The van der Waals surface area contributed by atoms with Gasteiger partial charge in [-0.2, -0.15) is 0 Å². The molecule has 1 aliphatic carbocycles. The molecule has 4 heteroatoms. The second-order valence-electron chi connectivity index (χ2n) is 4.40. The Labute approximate surface area is 109 Å². The van der Waals surface area contributed by atoms with Crippen molar-refractivity contribution in [1.29, 1.82) is 0 Å². The van der Waals surface area contributed by atoms with E-state index in [4.69, 9.17) is 5.73 Å². The molecule has 1 aliphatic rings. The lowest BCUT2D eigenvalue weighted by Gasteiger charge is -2.15. The Morgan fingerprint density at radius 1 is 1.41 bits per heavy atom. The van der Waals surface area contributed by atoms with E-state index in [0.717, 1.165) is 28.6 Å². The van der Waals surface area contributed by atoms with Crippen molar-refractivity contribution < 1.29 is 4.79 Å². The maximum Gasteiger partial charge on any atom is 0.230 e. The van der Waals surface area contributed by atoms with Crippen LogP contribution in [0.3, 0.4) is 0 Å². The van der Waals surface area contributed by atoms with Crippen molar-refractivity contribution in [2.24, 2.45) is 0 Å². The van der Waals surface area contributed by atoms with Crippen molar-refractivity contribution >= 4 is 27.5 Å². The van der Waals surface area contributed by atoms with Crippen molar-refractivity contribution in [3.05, 3.63) is 40.9 Å². The first-order chi connectivity index (χ1) is 8.04. The molecule has 0 unspecified atom stereocenters. The van der Waals surface area contributed by atoms with Gasteiger partial charge in [-0.05, 0) is 30.5 Å². The number of benzene rings is 1. The van der Waals surface area contributed by atoms with E-state index in [-0.39, 0.29) is 11.3 Å². The minimum atomic E-state index is -0.337. The summed E-state index contributed by atoms with van der Waals surface area (Å²) < 4.78 is 0.777. The van der Waals surface area contributed by atoms with E-state index < -0.39 is 0 Å². The highest BCUT2D eigenvalue weighted by Gasteiger charge is 2.50. The maximum atomic E-state index is 12.1. The number of anilines is 1. The number of nitrogens with one attached hydrogen (secondary N) is 1. The first-order valence-electron chi connectivity index (χ1n) is 5.52. The molecular formula is C13H15BrN2O. The van der Waals surface area contributed by atoms with E-state index in [2.05, 4.69) is 27.8 Å². The van der Waals surface area contributed by atoms with Gasteiger partial charge in [0.1, 0.15) is 0 Å². The van der Waals surface area contributed by atoms with Gasteiger partial charge in [0.15, 0.2) is 0 Å². The summed E-state index contributed by atoms with van der Waals surface area (Å²) in [6.45, 7) is 4.17. The molecular weight excluding hydrogens is 280 g/mol. The third kappa shape index (κ3) is 2.52. The first kappa shape index (κ1) is 12.2. The largest absolute Gasteiger partial charge is 0.399 e. The van der Waals surface area contributed by atoms with E-state index >= 15 is 0 Å². The normalized spacial score (nSPS) is 16.3. The Morgan fingerprint density at radius 2 is 2.00 bits per heavy atom. The Hall–Kier alpha value is -1.29. The Bertz CT molecular complexity index is 449. The number of halogens is 1. The summed E-state index contributed by atoms with van der Waals surface area (Å²) in [5.74, 6) is 0.0721. The van der Waals surface area contributed by atoms with Crippen molar-refractivity contribution in [1.82, 2.24) is 5.32 Å². The molecule has 2 rings (SSSR count). The highest BCUT2D eigenvalue weighted by Crippen LogP contribution is 2.48. The monoisotopic (exact) mass is 294 g/mol. The fourth-order valence-corrected chi connectivity index (χ4v) is 2.06. The van der Waals surface area contributed by atoms with Crippen LogP contribution >= 0.6 is 15.9 Å². The zero-order chi connectivity index (χ0) is 12.5. The molecule has 1 amide bonds. The van der Waals surface area contributed by atoms with Gasteiger partial charge in [-0.1, -0.05) is 34.6 Å². The van der Waals surface area contributed by atoms with Gasteiger partial charge in [0, 0.05) is 16.7 Å². The predicted octanol–water partition coefficient (Wildman–Crippen LogP) is 2.33. The van der Waals surface area contributed by atoms with Crippen LogP contribution in [0, 0.1) is 0 Å². The van der Waals surface area contributed by atoms with Gasteiger partial charge in [0.2, 0.25) is 5.91 Å². The lowest BCUT2D eigenvalue weighted by Crippen LogP contribution is -2.35. The molecule has 0 saturated heterocycles. The molecule has 0 bridgehead atoms. The Kier molecular flexibility index (Phi) is 3.24. The van der Waals surface area contributed by atoms with Gasteiger partial charge in [-0.15, -0.1) is 0 Å². The van der Waals surface area contributed by atoms with Gasteiger partial charge in [-0.3, -0.25) is 4.79 Å². The molecule has 0 radical (unpaired) electrons. The van der Waals surface area contributed by atoms with Gasteiger partial charge in [0.05, 0.1) is 5.41 Å². The van der Waals surface area contributed by atoms with Crippen LogP contribution in [0.5, 0.6) is 0 Å². The van der Waals surface area contributed by atoms with Crippen molar-refractivity contribution in [3.63, 3.8) is 0 Å². The molecule has 3 N–H and O–H groups in total. The molecule has 0 heterocycles. The van der Waals surface area contributed by atoms with Crippen LogP contribution in [0.2, 0.25) is 0 Å². The SMILES string of the molecule is C=C(Br)CNC(=O)C1(c2ccc(N)cc2)CC1. The minimum absolute atomic E-state index is 0.0721. The number of hydrogen-bond acceptors (Lipinski definition) is 2. The molecule has 0 aromatic heterocycles. The van der Waals surface area contributed by atoms with Gasteiger partial charge < -0.3 is 11.1 Å².